The zero-order chi connectivity index (χ0) is 19.3. The third kappa shape index (κ3) is 4.14. The number of aromatic nitrogens is 2. The smallest absolute Gasteiger partial charge is 0.232 e. The van der Waals surface area contributed by atoms with Crippen LogP contribution in [0.1, 0.15) is 37.1 Å². The summed E-state index contributed by atoms with van der Waals surface area (Å²) in [5.41, 5.74) is 2.22. The molecule has 1 aromatic heterocycles. The van der Waals surface area contributed by atoms with Gasteiger partial charge in [0.05, 0.1) is 5.92 Å². The zero-order valence-electron chi connectivity index (χ0n) is 16.1. The summed E-state index contributed by atoms with van der Waals surface area (Å²) in [6.07, 6.45) is 2.38. The van der Waals surface area contributed by atoms with Crippen molar-refractivity contribution in [2.45, 2.75) is 32.1 Å². The molecule has 0 saturated carbocycles. The highest BCUT2D eigenvalue weighted by atomic mass is 16.5. The first kappa shape index (κ1) is 18.4. The van der Waals surface area contributed by atoms with E-state index in [0.717, 1.165) is 24.9 Å². The van der Waals surface area contributed by atoms with Gasteiger partial charge in [-0.25, -0.2) is 0 Å². The Morgan fingerprint density at radius 2 is 1.79 bits per heavy atom. The van der Waals surface area contributed by atoms with Gasteiger partial charge in [-0.15, -0.1) is 0 Å². The van der Waals surface area contributed by atoms with Gasteiger partial charge in [-0.3, -0.25) is 4.79 Å². The van der Waals surface area contributed by atoms with Crippen LogP contribution >= 0.6 is 0 Å². The fraction of sp³-hybridized carbons (Fsp3) is 0.348. The van der Waals surface area contributed by atoms with E-state index in [-0.39, 0.29) is 11.8 Å². The molecule has 28 heavy (non-hydrogen) atoms. The van der Waals surface area contributed by atoms with E-state index in [9.17, 15) is 4.79 Å². The number of benzene rings is 2. The van der Waals surface area contributed by atoms with Crippen LogP contribution in [0.3, 0.4) is 0 Å². The van der Waals surface area contributed by atoms with E-state index in [2.05, 4.69) is 29.2 Å². The molecule has 1 fully saturated rings. The number of amides is 1. The van der Waals surface area contributed by atoms with Crippen molar-refractivity contribution < 1.29 is 9.32 Å². The Labute approximate surface area is 165 Å². The molecule has 3 aromatic rings. The first-order chi connectivity index (χ1) is 13.7. The predicted octanol–water partition coefficient (Wildman–Crippen LogP) is 4.32. The van der Waals surface area contributed by atoms with Crippen molar-refractivity contribution in [1.29, 1.82) is 0 Å². The quantitative estimate of drug-likeness (QED) is 0.644. The summed E-state index contributed by atoms with van der Waals surface area (Å²) in [4.78, 5) is 19.2. The molecule has 1 aliphatic rings. The molecule has 2 atom stereocenters. The highest BCUT2D eigenvalue weighted by Crippen LogP contribution is 2.32. The molecular weight excluding hydrogens is 350 g/mol. The molecule has 5 nitrogen and oxygen atoms in total. The van der Waals surface area contributed by atoms with Crippen LogP contribution in [-0.2, 0) is 11.2 Å². The second-order valence-electron chi connectivity index (χ2n) is 7.54. The lowest BCUT2D eigenvalue weighted by Gasteiger charge is -2.15. The molecule has 0 N–H and O–H groups in total. The Bertz CT molecular complexity index is 908. The lowest BCUT2D eigenvalue weighted by molar-refractivity contribution is -0.130. The van der Waals surface area contributed by atoms with E-state index in [1.165, 1.54) is 5.56 Å². The maximum Gasteiger partial charge on any atom is 0.232 e. The molecule has 0 bridgehead atoms. The monoisotopic (exact) mass is 375 g/mol. The van der Waals surface area contributed by atoms with E-state index >= 15 is 0 Å². The number of carbonyl (C=O) groups is 1. The molecule has 0 aliphatic carbocycles. The number of rotatable bonds is 6. The van der Waals surface area contributed by atoms with E-state index in [1.54, 1.807) is 0 Å². The van der Waals surface area contributed by atoms with E-state index in [1.807, 2.05) is 53.4 Å². The summed E-state index contributed by atoms with van der Waals surface area (Å²) in [5, 5.41) is 4.13. The summed E-state index contributed by atoms with van der Waals surface area (Å²) in [6.45, 7) is 3.55. The molecule has 0 spiro atoms. The predicted molar refractivity (Wildman–Crippen MR) is 108 cm³/mol. The normalized spacial score (nSPS) is 19.1. The van der Waals surface area contributed by atoms with E-state index in [4.69, 9.17) is 4.52 Å². The lowest BCUT2D eigenvalue weighted by Crippen LogP contribution is -2.28. The Morgan fingerprint density at radius 3 is 2.54 bits per heavy atom. The fourth-order valence-corrected chi connectivity index (χ4v) is 3.83. The molecule has 2 unspecified atom stereocenters. The summed E-state index contributed by atoms with van der Waals surface area (Å²) in [6, 6.07) is 20.1. The number of hydrogen-bond donors (Lipinski definition) is 0. The average Bonchev–Trinajstić information content (AvgIpc) is 3.36. The van der Waals surface area contributed by atoms with Gasteiger partial charge in [0.1, 0.15) is 0 Å². The molecule has 0 radical (unpaired) electrons. The van der Waals surface area contributed by atoms with Gasteiger partial charge in [0.25, 0.3) is 0 Å². The maximum absolute atomic E-state index is 12.6. The van der Waals surface area contributed by atoms with Gasteiger partial charge < -0.3 is 9.42 Å². The van der Waals surface area contributed by atoms with Gasteiger partial charge in [-0.2, -0.15) is 4.98 Å². The van der Waals surface area contributed by atoms with Crippen molar-refractivity contribution in [3.8, 4) is 11.4 Å². The van der Waals surface area contributed by atoms with Crippen LogP contribution in [0.4, 0.5) is 0 Å². The number of aryl methyl sites for hydroxylation is 1. The molecule has 2 heterocycles. The molecule has 2 aromatic carbocycles. The van der Waals surface area contributed by atoms with Crippen molar-refractivity contribution in [1.82, 2.24) is 15.0 Å². The Balaban J connectivity index is 1.34. The topological polar surface area (TPSA) is 59.2 Å². The van der Waals surface area contributed by atoms with Crippen molar-refractivity contribution >= 4 is 5.91 Å². The summed E-state index contributed by atoms with van der Waals surface area (Å²) in [7, 11) is 0. The van der Waals surface area contributed by atoms with Gasteiger partial charge in [0.15, 0.2) is 0 Å². The van der Waals surface area contributed by atoms with Crippen molar-refractivity contribution in [3.05, 3.63) is 72.1 Å². The number of carbonyl (C=O) groups excluding carboxylic acids is 1. The second kappa shape index (κ2) is 8.38. The third-order valence-corrected chi connectivity index (χ3v) is 5.45. The molecule has 144 valence electrons. The first-order valence-corrected chi connectivity index (χ1v) is 9.91. The Hall–Kier alpha value is -2.95. The van der Waals surface area contributed by atoms with Crippen molar-refractivity contribution in [2.24, 2.45) is 5.92 Å². The summed E-state index contributed by atoms with van der Waals surface area (Å²) in [5.74, 6) is 1.86. The largest absolute Gasteiger partial charge is 0.342 e. The van der Waals surface area contributed by atoms with Gasteiger partial charge >= 0.3 is 0 Å². The summed E-state index contributed by atoms with van der Waals surface area (Å²) < 4.78 is 5.54. The highest BCUT2D eigenvalue weighted by molar-refractivity contribution is 5.76. The van der Waals surface area contributed by atoms with Gasteiger partial charge in [-0.05, 0) is 24.3 Å². The minimum atomic E-state index is 0.100. The number of hydrogen-bond acceptors (Lipinski definition) is 4. The molecule has 4 rings (SSSR count). The summed E-state index contributed by atoms with van der Waals surface area (Å²) >= 11 is 0. The minimum Gasteiger partial charge on any atom is -0.342 e. The van der Waals surface area contributed by atoms with Crippen LogP contribution in [0.2, 0.25) is 0 Å². The zero-order valence-corrected chi connectivity index (χ0v) is 16.1. The van der Waals surface area contributed by atoms with Gasteiger partial charge in [0.2, 0.25) is 17.6 Å². The fourth-order valence-electron chi connectivity index (χ4n) is 3.83. The minimum absolute atomic E-state index is 0.100. The molecule has 1 amide bonds. The van der Waals surface area contributed by atoms with E-state index in [0.29, 0.717) is 30.6 Å². The number of likely N-dealkylation sites (tertiary alicyclic amines) is 1. The van der Waals surface area contributed by atoms with Crippen molar-refractivity contribution in [2.75, 3.05) is 13.1 Å². The Morgan fingerprint density at radius 1 is 1.07 bits per heavy atom. The van der Waals surface area contributed by atoms with Crippen LogP contribution in [-0.4, -0.2) is 34.0 Å². The van der Waals surface area contributed by atoms with E-state index < -0.39 is 0 Å². The van der Waals surface area contributed by atoms with Gasteiger partial charge in [-0.1, -0.05) is 72.7 Å². The average molecular weight is 375 g/mol. The van der Waals surface area contributed by atoms with Crippen LogP contribution < -0.4 is 0 Å². The number of nitrogens with zero attached hydrogens (tertiary/aromatic N) is 3. The SMILES string of the molecule is CC1CN(C(=O)CCCc2ccccc2)CC1c1nc(-c2ccccc2)no1. The lowest BCUT2D eigenvalue weighted by atomic mass is 9.98. The Kier molecular flexibility index (Phi) is 5.51. The standard InChI is InChI=1S/C23H25N3O2/c1-17-15-26(21(27)14-8-11-18-9-4-2-5-10-18)16-20(17)23-24-22(25-28-23)19-12-6-3-7-13-19/h2-7,9-10,12-13,17,20H,8,11,14-16H2,1H3. The van der Waals surface area contributed by atoms with Crippen molar-refractivity contribution in [3.63, 3.8) is 0 Å². The van der Waals surface area contributed by atoms with Crippen LogP contribution in [0.5, 0.6) is 0 Å². The third-order valence-electron chi connectivity index (χ3n) is 5.45. The molecular formula is C23H25N3O2. The van der Waals surface area contributed by atoms with Crippen LogP contribution in [0, 0.1) is 5.92 Å². The molecule has 5 heteroatoms. The maximum atomic E-state index is 12.6. The molecule has 1 saturated heterocycles. The van der Waals surface area contributed by atoms with Crippen LogP contribution in [0.25, 0.3) is 11.4 Å². The van der Waals surface area contributed by atoms with Crippen LogP contribution in [0.15, 0.2) is 65.2 Å². The first-order valence-electron chi connectivity index (χ1n) is 9.91. The highest BCUT2D eigenvalue weighted by Gasteiger charge is 2.36. The van der Waals surface area contributed by atoms with Gasteiger partial charge in [0, 0.05) is 25.1 Å². The molecule has 1 aliphatic heterocycles. The second-order valence-corrected chi connectivity index (χ2v) is 7.54.